The molecule has 0 heterocycles. The standard InChI is InChI=1S/C5H8F2S/c1-8-4-2-3-5(4,6)7/h4H,2-3H2,1H3. The third kappa shape index (κ3) is 0.835. The largest absolute Gasteiger partial charge is 0.259 e. The molecule has 0 N–H and O–H groups in total. The summed E-state index contributed by atoms with van der Waals surface area (Å²) >= 11 is 1.27. The summed E-state index contributed by atoms with van der Waals surface area (Å²) < 4.78 is 24.4. The van der Waals surface area contributed by atoms with Crippen LogP contribution in [0.3, 0.4) is 0 Å². The van der Waals surface area contributed by atoms with Crippen LogP contribution in [-0.2, 0) is 0 Å². The molecule has 0 nitrogen and oxygen atoms in total. The van der Waals surface area contributed by atoms with Gasteiger partial charge in [-0.3, -0.25) is 0 Å². The van der Waals surface area contributed by atoms with Gasteiger partial charge in [0.2, 0.25) is 0 Å². The second kappa shape index (κ2) is 1.87. The normalized spacial score (nSPS) is 34.1. The molecule has 0 amide bonds. The summed E-state index contributed by atoms with van der Waals surface area (Å²) in [4.78, 5) is 0. The van der Waals surface area contributed by atoms with Crippen LogP contribution in [0, 0.1) is 0 Å². The highest BCUT2D eigenvalue weighted by atomic mass is 32.2. The third-order valence-electron chi connectivity index (χ3n) is 1.50. The van der Waals surface area contributed by atoms with E-state index < -0.39 is 5.92 Å². The van der Waals surface area contributed by atoms with Gasteiger partial charge in [0.05, 0.1) is 5.25 Å². The fourth-order valence-corrected chi connectivity index (χ4v) is 1.59. The van der Waals surface area contributed by atoms with Crippen molar-refractivity contribution >= 4 is 11.8 Å². The Morgan fingerprint density at radius 1 is 1.62 bits per heavy atom. The molecule has 3 heteroatoms. The van der Waals surface area contributed by atoms with Crippen LogP contribution < -0.4 is 0 Å². The van der Waals surface area contributed by atoms with E-state index in [1.54, 1.807) is 6.26 Å². The van der Waals surface area contributed by atoms with Crippen molar-refractivity contribution in [2.75, 3.05) is 6.26 Å². The highest BCUT2D eigenvalue weighted by molar-refractivity contribution is 7.99. The predicted octanol–water partition coefficient (Wildman–Crippen LogP) is 2.15. The first-order chi connectivity index (χ1) is 3.67. The Labute approximate surface area is 51.6 Å². The smallest absolute Gasteiger partial charge is 0.206 e. The Balaban J connectivity index is 2.37. The highest BCUT2D eigenvalue weighted by Crippen LogP contribution is 2.44. The molecular formula is C5H8F2S. The Bertz CT molecular complexity index is 90.4. The summed E-state index contributed by atoms with van der Waals surface area (Å²) in [6.07, 6.45) is 2.52. The molecule has 1 aliphatic rings. The van der Waals surface area contributed by atoms with Gasteiger partial charge < -0.3 is 0 Å². The topological polar surface area (TPSA) is 0 Å². The Morgan fingerprint density at radius 2 is 2.25 bits per heavy atom. The third-order valence-corrected chi connectivity index (χ3v) is 2.65. The lowest BCUT2D eigenvalue weighted by Crippen LogP contribution is -2.41. The molecule has 0 aromatic heterocycles. The maximum absolute atomic E-state index is 12.2. The number of rotatable bonds is 1. The van der Waals surface area contributed by atoms with Crippen LogP contribution in [0.5, 0.6) is 0 Å². The molecule has 0 spiro atoms. The van der Waals surface area contributed by atoms with Crippen molar-refractivity contribution in [3.05, 3.63) is 0 Å². The quantitative estimate of drug-likeness (QED) is 0.535. The zero-order valence-electron chi connectivity index (χ0n) is 4.66. The van der Waals surface area contributed by atoms with Crippen LogP contribution in [-0.4, -0.2) is 17.4 Å². The lowest BCUT2D eigenvalue weighted by atomic mass is 9.94. The summed E-state index contributed by atoms with van der Waals surface area (Å²) in [5.74, 6) is -2.35. The van der Waals surface area contributed by atoms with Crippen molar-refractivity contribution < 1.29 is 8.78 Å². The highest BCUT2D eigenvalue weighted by Gasteiger charge is 2.47. The van der Waals surface area contributed by atoms with Crippen LogP contribution in [0.15, 0.2) is 0 Å². The lowest BCUT2D eigenvalue weighted by Gasteiger charge is -2.34. The monoisotopic (exact) mass is 138 g/mol. The molecule has 1 aliphatic carbocycles. The van der Waals surface area contributed by atoms with E-state index in [0.29, 0.717) is 6.42 Å². The molecule has 1 rings (SSSR count). The fourth-order valence-electron chi connectivity index (χ4n) is 0.771. The van der Waals surface area contributed by atoms with Gasteiger partial charge in [-0.15, -0.1) is 0 Å². The van der Waals surface area contributed by atoms with E-state index >= 15 is 0 Å². The maximum atomic E-state index is 12.2. The Morgan fingerprint density at radius 3 is 2.25 bits per heavy atom. The summed E-state index contributed by atoms with van der Waals surface area (Å²) in [6, 6.07) is 0. The van der Waals surface area contributed by atoms with E-state index in [1.165, 1.54) is 11.8 Å². The lowest BCUT2D eigenvalue weighted by molar-refractivity contribution is -0.0633. The molecule has 0 aliphatic heterocycles. The van der Waals surface area contributed by atoms with Gasteiger partial charge >= 0.3 is 0 Å². The number of hydrogen-bond donors (Lipinski definition) is 0. The number of hydrogen-bond acceptors (Lipinski definition) is 1. The van der Waals surface area contributed by atoms with Gasteiger partial charge in [-0.2, -0.15) is 11.8 Å². The summed E-state index contributed by atoms with van der Waals surface area (Å²) in [7, 11) is 0. The van der Waals surface area contributed by atoms with E-state index in [1.807, 2.05) is 0 Å². The summed E-state index contributed by atoms with van der Waals surface area (Å²) in [5, 5.41) is -0.387. The second-order valence-electron chi connectivity index (χ2n) is 2.02. The van der Waals surface area contributed by atoms with Crippen molar-refractivity contribution in [1.82, 2.24) is 0 Å². The second-order valence-corrected chi connectivity index (χ2v) is 3.06. The van der Waals surface area contributed by atoms with E-state index in [-0.39, 0.29) is 11.7 Å². The zero-order chi connectivity index (χ0) is 6.20. The van der Waals surface area contributed by atoms with Crippen molar-refractivity contribution in [2.24, 2.45) is 0 Å². The molecule has 1 unspecified atom stereocenters. The Hall–Kier alpha value is 0.210. The first kappa shape index (κ1) is 6.33. The summed E-state index contributed by atoms with van der Waals surface area (Å²) in [6.45, 7) is 0. The van der Waals surface area contributed by atoms with E-state index in [2.05, 4.69) is 0 Å². The van der Waals surface area contributed by atoms with Crippen molar-refractivity contribution in [2.45, 2.75) is 24.0 Å². The SMILES string of the molecule is CSC1CCC1(F)F. The summed E-state index contributed by atoms with van der Waals surface area (Å²) in [5.41, 5.74) is 0. The first-order valence-corrected chi connectivity index (χ1v) is 3.86. The molecule has 0 aromatic carbocycles. The van der Waals surface area contributed by atoms with Gasteiger partial charge in [-0.05, 0) is 12.7 Å². The van der Waals surface area contributed by atoms with Crippen LogP contribution in [0.4, 0.5) is 8.78 Å². The fraction of sp³-hybridized carbons (Fsp3) is 1.00. The van der Waals surface area contributed by atoms with Gasteiger partial charge in [0, 0.05) is 6.42 Å². The molecule has 0 saturated heterocycles. The molecule has 1 saturated carbocycles. The van der Waals surface area contributed by atoms with Crippen LogP contribution in [0.25, 0.3) is 0 Å². The minimum absolute atomic E-state index is 0.0957. The van der Waals surface area contributed by atoms with Gasteiger partial charge in [0.15, 0.2) is 0 Å². The molecule has 1 fully saturated rings. The number of halogens is 2. The Kier molecular flexibility index (Phi) is 1.48. The van der Waals surface area contributed by atoms with Crippen molar-refractivity contribution in [3.8, 4) is 0 Å². The van der Waals surface area contributed by atoms with E-state index in [4.69, 9.17) is 0 Å². The van der Waals surface area contributed by atoms with Gasteiger partial charge in [-0.25, -0.2) is 8.78 Å². The zero-order valence-corrected chi connectivity index (χ0v) is 5.47. The molecule has 0 radical (unpaired) electrons. The molecule has 48 valence electrons. The van der Waals surface area contributed by atoms with Crippen LogP contribution in [0.1, 0.15) is 12.8 Å². The minimum Gasteiger partial charge on any atom is -0.206 e. The first-order valence-electron chi connectivity index (χ1n) is 2.57. The van der Waals surface area contributed by atoms with E-state index in [0.717, 1.165) is 0 Å². The molecule has 8 heavy (non-hydrogen) atoms. The van der Waals surface area contributed by atoms with Gasteiger partial charge in [0.1, 0.15) is 0 Å². The van der Waals surface area contributed by atoms with Gasteiger partial charge in [-0.1, -0.05) is 0 Å². The van der Waals surface area contributed by atoms with E-state index in [9.17, 15) is 8.78 Å². The van der Waals surface area contributed by atoms with Crippen molar-refractivity contribution in [3.63, 3.8) is 0 Å². The van der Waals surface area contributed by atoms with Crippen LogP contribution >= 0.6 is 11.8 Å². The molecule has 0 bridgehead atoms. The maximum Gasteiger partial charge on any atom is 0.259 e. The molecule has 0 aromatic rings. The average molecular weight is 138 g/mol. The molecule has 1 atom stereocenters. The van der Waals surface area contributed by atoms with Crippen molar-refractivity contribution in [1.29, 1.82) is 0 Å². The average Bonchev–Trinajstić information content (AvgIpc) is 1.66. The van der Waals surface area contributed by atoms with Gasteiger partial charge in [0.25, 0.3) is 5.92 Å². The van der Waals surface area contributed by atoms with Crippen LogP contribution in [0.2, 0.25) is 0 Å². The number of alkyl halides is 2. The predicted molar refractivity (Wildman–Crippen MR) is 31.5 cm³/mol. The molecular weight excluding hydrogens is 130 g/mol. The number of thioether (sulfide) groups is 1. The minimum atomic E-state index is -2.35.